The first-order valence-electron chi connectivity index (χ1n) is 9.21. The summed E-state index contributed by atoms with van der Waals surface area (Å²) in [6, 6.07) is 5.31. The number of sulfonamides is 1. The lowest BCUT2D eigenvalue weighted by Crippen LogP contribution is -2.59. The highest BCUT2D eigenvalue weighted by Gasteiger charge is 2.39. The predicted molar refractivity (Wildman–Crippen MR) is 94.6 cm³/mol. The summed E-state index contributed by atoms with van der Waals surface area (Å²) >= 11 is 0. The lowest BCUT2D eigenvalue weighted by molar-refractivity contribution is 0.0564. The van der Waals surface area contributed by atoms with Gasteiger partial charge in [0.1, 0.15) is 0 Å². The summed E-state index contributed by atoms with van der Waals surface area (Å²) in [5.74, 6) is 1.16. The lowest BCUT2D eigenvalue weighted by Gasteiger charge is -2.46. The van der Waals surface area contributed by atoms with Gasteiger partial charge in [-0.05, 0) is 38.4 Å². The zero-order valence-electron chi connectivity index (χ0n) is 14.7. The molecule has 138 valence electrons. The summed E-state index contributed by atoms with van der Waals surface area (Å²) in [4.78, 5) is 2.75. The Hall–Kier alpha value is -1.31. The molecule has 3 aliphatic rings. The van der Waals surface area contributed by atoms with Gasteiger partial charge in [0.25, 0.3) is 0 Å². The first-order valence-corrected chi connectivity index (χ1v) is 10.7. The van der Waals surface area contributed by atoms with Gasteiger partial charge in [-0.2, -0.15) is 4.31 Å². The lowest BCUT2D eigenvalue weighted by atomic mass is 9.99. The number of hydrogen-bond acceptors (Lipinski definition) is 5. The van der Waals surface area contributed by atoms with Gasteiger partial charge in [0, 0.05) is 37.7 Å². The Kier molecular flexibility index (Phi) is 4.64. The Balaban J connectivity index is 1.61. The van der Waals surface area contributed by atoms with Crippen molar-refractivity contribution >= 4 is 10.0 Å². The smallest absolute Gasteiger partial charge is 0.243 e. The molecule has 0 N–H and O–H groups in total. The van der Waals surface area contributed by atoms with Crippen LogP contribution in [-0.4, -0.2) is 62.6 Å². The molecular weight excluding hydrogens is 340 g/mol. The van der Waals surface area contributed by atoms with E-state index in [1.165, 1.54) is 12.8 Å². The second kappa shape index (κ2) is 6.78. The molecule has 0 radical (unpaired) electrons. The maximum atomic E-state index is 13.3. The first-order chi connectivity index (χ1) is 12.1. The molecule has 1 aromatic carbocycles. The van der Waals surface area contributed by atoms with Gasteiger partial charge in [-0.1, -0.05) is 6.42 Å². The van der Waals surface area contributed by atoms with Crippen LogP contribution in [0.25, 0.3) is 0 Å². The molecule has 1 aromatic rings. The van der Waals surface area contributed by atoms with Crippen LogP contribution >= 0.6 is 0 Å². The molecule has 0 spiro atoms. The van der Waals surface area contributed by atoms with Crippen molar-refractivity contribution in [2.75, 3.05) is 32.8 Å². The van der Waals surface area contributed by atoms with Gasteiger partial charge in [-0.3, -0.25) is 4.90 Å². The third-order valence-electron chi connectivity index (χ3n) is 5.46. The molecule has 0 amide bonds. The van der Waals surface area contributed by atoms with E-state index in [0.717, 1.165) is 25.9 Å². The number of piperidine rings is 1. The molecule has 0 saturated carbocycles. The van der Waals surface area contributed by atoms with Gasteiger partial charge in [0.05, 0.1) is 18.1 Å². The zero-order chi connectivity index (χ0) is 17.4. The molecule has 0 aliphatic carbocycles. The van der Waals surface area contributed by atoms with Crippen LogP contribution in [0.2, 0.25) is 0 Å². The Morgan fingerprint density at radius 2 is 1.84 bits per heavy atom. The highest BCUT2D eigenvalue weighted by molar-refractivity contribution is 7.89. The molecule has 7 heteroatoms. The van der Waals surface area contributed by atoms with E-state index in [-0.39, 0.29) is 6.04 Å². The van der Waals surface area contributed by atoms with Gasteiger partial charge in [0.2, 0.25) is 10.0 Å². The molecular formula is C18H26N2O4S. The number of hydrogen-bond donors (Lipinski definition) is 0. The van der Waals surface area contributed by atoms with Gasteiger partial charge < -0.3 is 9.47 Å². The monoisotopic (exact) mass is 366 g/mol. The highest BCUT2D eigenvalue weighted by Crippen LogP contribution is 2.34. The average Bonchev–Trinajstić information content (AvgIpc) is 2.85. The van der Waals surface area contributed by atoms with Crippen molar-refractivity contribution in [3.63, 3.8) is 0 Å². The normalized spacial score (nSPS) is 28.2. The van der Waals surface area contributed by atoms with Crippen LogP contribution < -0.4 is 9.47 Å². The van der Waals surface area contributed by atoms with Crippen LogP contribution in [0.1, 0.15) is 32.6 Å². The quantitative estimate of drug-likeness (QED) is 0.802. The number of rotatable bonds is 2. The van der Waals surface area contributed by atoms with Gasteiger partial charge in [-0.15, -0.1) is 0 Å². The van der Waals surface area contributed by atoms with E-state index >= 15 is 0 Å². The van der Waals surface area contributed by atoms with Crippen molar-refractivity contribution in [1.82, 2.24) is 9.21 Å². The van der Waals surface area contributed by atoms with Gasteiger partial charge in [-0.25, -0.2) is 8.42 Å². The van der Waals surface area contributed by atoms with Crippen molar-refractivity contribution in [2.24, 2.45) is 0 Å². The molecule has 4 rings (SSSR count). The fourth-order valence-corrected chi connectivity index (χ4v) is 5.78. The van der Waals surface area contributed by atoms with Crippen molar-refractivity contribution < 1.29 is 17.9 Å². The minimum Gasteiger partial charge on any atom is -0.490 e. The average molecular weight is 366 g/mol. The predicted octanol–water partition coefficient (Wildman–Crippen LogP) is 2.10. The zero-order valence-corrected chi connectivity index (χ0v) is 15.5. The number of benzene rings is 1. The van der Waals surface area contributed by atoms with Crippen LogP contribution in [0.3, 0.4) is 0 Å². The van der Waals surface area contributed by atoms with E-state index in [0.29, 0.717) is 42.2 Å². The van der Waals surface area contributed by atoms with Crippen molar-refractivity contribution in [3.8, 4) is 11.5 Å². The maximum absolute atomic E-state index is 13.3. The molecule has 25 heavy (non-hydrogen) atoms. The fraction of sp³-hybridized carbons (Fsp3) is 0.667. The van der Waals surface area contributed by atoms with Crippen LogP contribution in [0.4, 0.5) is 0 Å². The number of ether oxygens (including phenoxy) is 2. The first kappa shape index (κ1) is 17.1. The SMILES string of the molecule is C[C@H]1CN2CCCC[C@@H]2CN1S(=O)(=O)c1ccc2c(c1)OCCCO2. The molecule has 3 heterocycles. The van der Waals surface area contributed by atoms with Crippen molar-refractivity contribution in [2.45, 2.75) is 49.6 Å². The van der Waals surface area contributed by atoms with E-state index in [9.17, 15) is 8.42 Å². The van der Waals surface area contributed by atoms with Crippen LogP contribution in [0.5, 0.6) is 11.5 Å². The second-order valence-electron chi connectivity index (χ2n) is 7.23. The minimum absolute atomic E-state index is 0.0182. The molecule has 6 nitrogen and oxygen atoms in total. The van der Waals surface area contributed by atoms with Crippen molar-refractivity contribution in [3.05, 3.63) is 18.2 Å². The Morgan fingerprint density at radius 3 is 2.68 bits per heavy atom. The summed E-state index contributed by atoms with van der Waals surface area (Å²) in [6.07, 6.45) is 4.29. The third kappa shape index (κ3) is 3.25. The number of nitrogens with zero attached hydrogens (tertiary/aromatic N) is 2. The summed E-state index contributed by atoms with van der Waals surface area (Å²) in [6.45, 7) is 5.64. The van der Waals surface area contributed by atoms with E-state index in [2.05, 4.69) is 4.90 Å². The van der Waals surface area contributed by atoms with E-state index in [1.54, 1.807) is 22.5 Å². The summed E-state index contributed by atoms with van der Waals surface area (Å²) < 4.78 is 39.5. The standard InChI is InChI=1S/C18H26N2O4S/c1-14-12-19-8-3-2-5-15(19)13-20(14)25(21,22)16-6-7-17-18(11-16)24-10-4-9-23-17/h6-7,11,14-15H,2-5,8-10,12-13H2,1H3/t14-,15+/m0/s1. The Bertz CT molecular complexity index is 737. The van der Waals surface area contributed by atoms with E-state index in [4.69, 9.17) is 9.47 Å². The van der Waals surface area contributed by atoms with Crippen LogP contribution in [0.15, 0.2) is 23.1 Å². The molecule has 0 bridgehead atoms. The molecule has 0 unspecified atom stereocenters. The van der Waals surface area contributed by atoms with E-state index < -0.39 is 10.0 Å². The number of fused-ring (bicyclic) bond motifs is 2. The Morgan fingerprint density at radius 1 is 1.04 bits per heavy atom. The molecule has 2 fully saturated rings. The summed E-state index contributed by atoms with van der Waals surface area (Å²) in [5, 5.41) is 0. The maximum Gasteiger partial charge on any atom is 0.243 e. The molecule has 0 aromatic heterocycles. The molecule has 2 saturated heterocycles. The largest absolute Gasteiger partial charge is 0.490 e. The molecule has 2 atom stereocenters. The topological polar surface area (TPSA) is 59.1 Å². The third-order valence-corrected chi connectivity index (χ3v) is 7.43. The van der Waals surface area contributed by atoms with Crippen molar-refractivity contribution in [1.29, 1.82) is 0 Å². The number of piperazine rings is 1. The van der Waals surface area contributed by atoms with Gasteiger partial charge in [0.15, 0.2) is 11.5 Å². The highest BCUT2D eigenvalue weighted by atomic mass is 32.2. The molecule has 3 aliphatic heterocycles. The van der Waals surface area contributed by atoms with Gasteiger partial charge >= 0.3 is 0 Å². The fourth-order valence-electron chi connectivity index (χ4n) is 4.10. The Labute approximate surface area is 149 Å². The second-order valence-corrected chi connectivity index (χ2v) is 9.12. The van der Waals surface area contributed by atoms with Crippen LogP contribution in [0, 0.1) is 0 Å². The van der Waals surface area contributed by atoms with E-state index in [1.807, 2.05) is 6.92 Å². The van der Waals surface area contributed by atoms with Crippen LogP contribution in [-0.2, 0) is 10.0 Å². The summed E-state index contributed by atoms with van der Waals surface area (Å²) in [5.41, 5.74) is 0. The summed E-state index contributed by atoms with van der Waals surface area (Å²) in [7, 11) is -3.54. The minimum atomic E-state index is -3.54.